The van der Waals surface area contributed by atoms with Gasteiger partial charge in [0.25, 0.3) is 0 Å². The highest BCUT2D eigenvalue weighted by Crippen LogP contribution is 2.27. The van der Waals surface area contributed by atoms with Crippen LogP contribution in [0.25, 0.3) is 0 Å². The third-order valence-electron chi connectivity index (χ3n) is 6.01. The molecule has 1 saturated carbocycles. The van der Waals surface area contributed by atoms with Gasteiger partial charge in [0.2, 0.25) is 15.9 Å². The number of amides is 1. The summed E-state index contributed by atoms with van der Waals surface area (Å²) in [6, 6.07) is 5.14. The molecule has 1 aliphatic heterocycles. The molecule has 1 aliphatic carbocycles. The van der Waals surface area contributed by atoms with Crippen LogP contribution in [-0.4, -0.2) is 44.9 Å². The van der Waals surface area contributed by atoms with Crippen molar-refractivity contribution in [2.75, 3.05) is 19.6 Å². The molecule has 0 saturated heterocycles. The first-order valence-corrected chi connectivity index (χ1v) is 11.5. The van der Waals surface area contributed by atoms with Crippen LogP contribution in [0.3, 0.4) is 0 Å². The number of carbonyl (C=O) groups excluding carboxylic acids is 1. The summed E-state index contributed by atoms with van der Waals surface area (Å²) in [6.07, 6.45) is 7.04. The summed E-state index contributed by atoms with van der Waals surface area (Å²) in [7, 11) is -3.61. The van der Waals surface area contributed by atoms with E-state index < -0.39 is 10.0 Å². The molecule has 0 aromatic heterocycles. The number of halogens is 1. The van der Waals surface area contributed by atoms with Crippen molar-refractivity contribution in [3.63, 3.8) is 0 Å². The number of carbonyl (C=O) groups is 1. The first kappa shape index (κ1) is 23.1. The molecule has 0 bridgehead atoms. The second-order valence-corrected chi connectivity index (χ2v) is 9.51. The Balaban J connectivity index is 0.00000280. The fraction of sp³-hybridized carbons (Fsp3) is 0.650. The van der Waals surface area contributed by atoms with E-state index in [1.807, 2.05) is 11.0 Å². The molecule has 1 aromatic carbocycles. The van der Waals surface area contributed by atoms with E-state index in [0.717, 1.165) is 43.2 Å². The Morgan fingerprint density at radius 3 is 2.43 bits per heavy atom. The summed E-state index contributed by atoms with van der Waals surface area (Å²) >= 11 is 0. The molecule has 3 N–H and O–H groups in total. The first-order chi connectivity index (χ1) is 12.9. The highest BCUT2D eigenvalue weighted by Gasteiger charge is 2.28. The lowest BCUT2D eigenvalue weighted by Crippen LogP contribution is -2.45. The van der Waals surface area contributed by atoms with Crippen molar-refractivity contribution in [1.82, 2.24) is 9.62 Å². The Bertz CT molecular complexity index is 779. The van der Waals surface area contributed by atoms with Gasteiger partial charge < -0.3 is 10.6 Å². The number of hydrogen-bond donors (Lipinski definition) is 2. The molecule has 3 rings (SSSR count). The van der Waals surface area contributed by atoms with Crippen molar-refractivity contribution < 1.29 is 13.2 Å². The number of nitrogens with two attached hydrogens (primary N) is 1. The molecule has 158 valence electrons. The number of benzene rings is 1. The lowest BCUT2D eigenvalue weighted by Gasteiger charge is -2.30. The standard InChI is InChI=1S/C20H31N3O3S.ClH/c1-15(24)23-11-9-16-7-8-19(13-18(16)10-12-23)27(25,26)22-20(14-21)17-5-3-2-4-6-17;/h7-8,13,17,20,22H,2-6,9-12,14,21H2,1H3;1H. The maximum Gasteiger partial charge on any atom is 0.240 e. The zero-order chi connectivity index (χ0) is 19.4. The Labute approximate surface area is 174 Å². The number of rotatable bonds is 5. The van der Waals surface area contributed by atoms with E-state index in [1.54, 1.807) is 19.1 Å². The van der Waals surface area contributed by atoms with Crippen LogP contribution in [-0.2, 0) is 27.7 Å². The molecule has 0 radical (unpaired) electrons. The molecule has 1 aromatic rings. The third-order valence-corrected chi connectivity index (χ3v) is 7.50. The minimum absolute atomic E-state index is 0. The zero-order valence-corrected chi connectivity index (χ0v) is 18.2. The average molecular weight is 430 g/mol. The SMILES string of the molecule is CC(=O)N1CCc2ccc(S(=O)(=O)NC(CN)C3CCCCC3)cc2CC1.Cl. The number of fused-ring (bicyclic) bond motifs is 1. The maximum atomic E-state index is 13.0. The van der Waals surface area contributed by atoms with Gasteiger partial charge in [-0.2, -0.15) is 0 Å². The Morgan fingerprint density at radius 2 is 1.82 bits per heavy atom. The normalized spacial score (nSPS) is 19.3. The fourth-order valence-corrected chi connectivity index (χ4v) is 5.69. The van der Waals surface area contributed by atoms with E-state index in [9.17, 15) is 13.2 Å². The number of nitrogens with zero attached hydrogens (tertiary/aromatic N) is 1. The van der Waals surface area contributed by atoms with Gasteiger partial charge >= 0.3 is 0 Å². The van der Waals surface area contributed by atoms with Crippen LogP contribution >= 0.6 is 12.4 Å². The third kappa shape index (κ3) is 5.47. The second-order valence-electron chi connectivity index (χ2n) is 7.80. The van der Waals surface area contributed by atoms with Crippen LogP contribution < -0.4 is 10.5 Å². The molecule has 1 heterocycles. The quantitative estimate of drug-likeness (QED) is 0.750. The van der Waals surface area contributed by atoms with E-state index >= 15 is 0 Å². The number of nitrogens with one attached hydrogen (secondary N) is 1. The number of sulfonamides is 1. The van der Waals surface area contributed by atoms with E-state index in [2.05, 4.69) is 4.72 Å². The molecule has 28 heavy (non-hydrogen) atoms. The van der Waals surface area contributed by atoms with Gasteiger partial charge in [-0.25, -0.2) is 13.1 Å². The summed E-state index contributed by atoms with van der Waals surface area (Å²) in [4.78, 5) is 13.8. The van der Waals surface area contributed by atoms with Gasteiger partial charge in [-0.05, 0) is 54.9 Å². The fourth-order valence-electron chi connectivity index (χ4n) is 4.32. The van der Waals surface area contributed by atoms with Crippen molar-refractivity contribution >= 4 is 28.3 Å². The van der Waals surface area contributed by atoms with Crippen LogP contribution in [0.4, 0.5) is 0 Å². The van der Waals surface area contributed by atoms with Crippen molar-refractivity contribution in [2.45, 2.75) is 62.8 Å². The molecule has 2 aliphatic rings. The maximum absolute atomic E-state index is 13.0. The van der Waals surface area contributed by atoms with Gasteiger partial charge in [-0.15, -0.1) is 12.4 Å². The van der Waals surface area contributed by atoms with Crippen LogP contribution in [0.1, 0.15) is 50.2 Å². The van der Waals surface area contributed by atoms with Gasteiger partial charge in [0.05, 0.1) is 4.90 Å². The Kier molecular flexibility index (Phi) is 8.30. The number of hydrogen-bond acceptors (Lipinski definition) is 4. The zero-order valence-electron chi connectivity index (χ0n) is 16.5. The Hall–Kier alpha value is -1.15. The second kappa shape index (κ2) is 10.1. The van der Waals surface area contributed by atoms with E-state index in [-0.39, 0.29) is 24.4 Å². The van der Waals surface area contributed by atoms with E-state index in [1.165, 1.54) is 6.42 Å². The van der Waals surface area contributed by atoms with Gasteiger partial charge in [-0.1, -0.05) is 25.3 Å². The van der Waals surface area contributed by atoms with Gasteiger partial charge in [-0.3, -0.25) is 4.79 Å². The molecule has 1 atom stereocenters. The molecular weight excluding hydrogens is 398 g/mol. The predicted molar refractivity (Wildman–Crippen MR) is 113 cm³/mol. The van der Waals surface area contributed by atoms with Crippen molar-refractivity contribution in [2.24, 2.45) is 11.7 Å². The van der Waals surface area contributed by atoms with Gasteiger partial charge in [0.15, 0.2) is 0 Å². The summed E-state index contributed by atoms with van der Waals surface area (Å²) in [5.41, 5.74) is 8.04. The molecule has 1 amide bonds. The monoisotopic (exact) mass is 429 g/mol. The van der Waals surface area contributed by atoms with Gasteiger partial charge in [0.1, 0.15) is 0 Å². The smallest absolute Gasteiger partial charge is 0.240 e. The van der Waals surface area contributed by atoms with Crippen molar-refractivity contribution in [3.8, 4) is 0 Å². The Morgan fingerprint density at radius 1 is 1.18 bits per heavy atom. The van der Waals surface area contributed by atoms with Crippen LogP contribution in [0, 0.1) is 5.92 Å². The summed E-state index contributed by atoms with van der Waals surface area (Å²) in [5.74, 6) is 0.388. The highest BCUT2D eigenvalue weighted by atomic mass is 35.5. The summed E-state index contributed by atoms with van der Waals surface area (Å²) < 4.78 is 28.8. The first-order valence-electron chi connectivity index (χ1n) is 10.0. The molecule has 1 fully saturated rings. The van der Waals surface area contributed by atoms with E-state index in [0.29, 0.717) is 36.9 Å². The van der Waals surface area contributed by atoms with Crippen LogP contribution in [0.15, 0.2) is 23.1 Å². The molecule has 0 spiro atoms. The topological polar surface area (TPSA) is 92.5 Å². The minimum atomic E-state index is -3.61. The lowest BCUT2D eigenvalue weighted by atomic mass is 9.84. The summed E-state index contributed by atoms with van der Waals surface area (Å²) in [5, 5.41) is 0. The predicted octanol–water partition coefficient (Wildman–Crippen LogP) is 2.24. The average Bonchev–Trinajstić information content (AvgIpc) is 2.89. The van der Waals surface area contributed by atoms with Crippen LogP contribution in [0.5, 0.6) is 0 Å². The van der Waals surface area contributed by atoms with Crippen molar-refractivity contribution in [1.29, 1.82) is 0 Å². The van der Waals surface area contributed by atoms with Gasteiger partial charge in [0, 0.05) is 32.6 Å². The van der Waals surface area contributed by atoms with Crippen molar-refractivity contribution in [3.05, 3.63) is 29.3 Å². The van der Waals surface area contributed by atoms with E-state index in [4.69, 9.17) is 5.73 Å². The molecule has 6 nitrogen and oxygen atoms in total. The largest absolute Gasteiger partial charge is 0.342 e. The van der Waals surface area contributed by atoms with Crippen LogP contribution in [0.2, 0.25) is 0 Å². The molecular formula is C20H32ClN3O3S. The summed E-state index contributed by atoms with van der Waals surface area (Å²) in [6.45, 7) is 3.22. The lowest BCUT2D eigenvalue weighted by molar-refractivity contribution is -0.128. The molecule has 8 heteroatoms. The molecule has 1 unspecified atom stereocenters. The minimum Gasteiger partial charge on any atom is -0.342 e. The highest BCUT2D eigenvalue weighted by molar-refractivity contribution is 7.89.